The summed E-state index contributed by atoms with van der Waals surface area (Å²) >= 11 is 0. The van der Waals surface area contributed by atoms with Crippen LogP contribution in [0, 0.1) is 20.8 Å². The average Bonchev–Trinajstić information content (AvgIpc) is 2.64. The van der Waals surface area contributed by atoms with Crippen LogP contribution in [0.3, 0.4) is 0 Å². The van der Waals surface area contributed by atoms with Crippen LogP contribution in [-0.2, 0) is 0 Å². The van der Waals surface area contributed by atoms with E-state index in [9.17, 15) is 4.79 Å². The minimum Gasteiger partial charge on any atom is -0.338 e. The first kappa shape index (κ1) is 18.3. The Morgan fingerprint density at radius 2 is 1.88 bits per heavy atom. The van der Waals surface area contributed by atoms with Gasteiger partial charge in [-0.1, -0.05) is 19.1 Å². The van der Waals surface area contributed by atoms with E-state index in [1.165, 1.54) is 0 Å². The molecule has 6 nitrogen and oxygen atoms in total. The van der Waals surface area contributed by atoms with E-state index in [1.54, 1.807) is 6.20 Å². The standard InChI is InChI=1S/C20H27N5O/c1-5-24-8-10-25(11-9-24)20-21-13-17(16(4)22-20)19(26)23-18-12-14(2)6-7-15(18)3/h6-7,12-13H,5,8-11H2,1-4H3,(H,23,26). The minimum absolute atomic E-state index is 0.168. The number of carbonyl (C=O) groups excluding carboxylic acids is 1. The highest BCUT2D eigenvalue weighted by atomic mass is 16.1. The Balaban J connectivity index is 1.73. The van der Waals surface area contributed by atoms with Crippen molar-refractivity contribution in [3.05, 3.63) is 46.8 Å². The molecule has 1 aromatic carbocycles. The van der Waals surface area contributed by atoms with Crippen LogP contribution >= 0.6 is 0 Å². The van der Waals surface area contributed by atoms with Gasteiger partial charge in [0.1, 0.15) is 0 Å². The number of nitrogens with zero attached hydrogens (tertiary/aromatic N) is 4. The molecule has 26 heavy (non-hydrogen) atoms. The number of hydrogen-bond donors (Lipinski definition) is 1. The Kier molecular flexibility index (Phi) is 5.52. The van der Waals surface area contributed by atoms with Crippen molar-refractivity contribution in [3.8, 4) is 0 Å². The van der Waals surface area contributed by atoms with Crippen molar-refractivity contribution in [1.82, 2.24) is 14.9 Å². The van der Waals surface area contributed by atoms with Crippen LogP contribution in [0.1, 0.15) is 34.1 Å². The largest absolute Gasteiger partial charge is 0.338 e. The van der Waals surface area contributed by atoms with Crippen LogP contribution in [0.2, 0.25) is 0 Å². The van der Waals surface area contributed by atoms with E-state index >= 15 is 0 Å². The Bertz CT molecular complexity index is 797. The number of hydrogen-bond acceptors (Lipinski definition) is 5. The van der Waals surface area contributed by atoms with E-state index in [0.29, 0.717) is 17.2 Å². The molecule has 0 saturated carbocycles. The summed E-state index contributed by atoms with van der Waals surface area (Å²) in [7, 11) is 0. The van der Waals surface area contributed by atoms with E-state index in [2.05, 4.69) is 32.0 Å². The molecule has 1 N–H and O–H groups in total. The molecule has 0 atom stereocenters. The topological polar surface area (TPSA) is 61.4 Å². The van der Waals surface area contributed by atoms with E-state index < -0.39 is 0 Å². The smallest absolute Gasteiger partial charge is 0.259 e. The molecule has 6 heteroatoms. The second-order valence-corrected chi connectivity index (χ2v) is 6.86. The molecule has 0 unspecified atom stereocenters. The highest BCUT2D eigenvalue weighted by molar-refractivity contribution is 6.05. The third-order valence-corrected chi connectivity index (χ3v) is 4.95. The number of anilines is 2. The summed E-state index contributed by atoms with van der Waals surface area (Å²) in [5.41, 5.74) is 4.19. The molecule has 2 heterocycles. The lowest BCUT2D eigenvalue weighted by Gasteiger charge is -2.34. The molecular formula is C20H27N5O. The number of rotatable bonds is 4. The quantitative estimate of drug-likeness (QED) is 0.916. The van der Waals surface area contributed by atoms with Crippen LogP contribution in [-0.4, -0.2) is 53.5 Å². The first-order valence-corrected chi connectivity index (χ1v) is 9.17. The number of amides is 1. The average molecular weight is 353 g/mol. The first-order chi connectivity index (χ1) is 12.5. The normalized spacial score (nSPS) is 15.2. The molecule has 1 fully saturated rings. The predicted octanol–water partition coefficient (Wildman–Crippen LogP) is 2.80. The summed E-state index contributed by atoms with van der Waals surface area (Å²) in [6.07, 6.45) is 1.64. The van der Waals surface area contributed by atoms with E-state index in [-0.39, 0.29) is 5.91 Å². The molecule has 0 aliphatic carbocycles. The van der Waals surface area contributed by atoms with Gasteiger partial charge in [0.05, 0.1) is 11.3 Å². The fraction of sp³-hybridized carbons (Fsp3) is 0.450. The number of carbonyl (C=O) groups is 1. The lowest BCUT2D eigenvalue weighted by molar-refractivity contribution is 0.102. The molecule has 1 amide bonds. The zero-order valence-electron chi connectivity index (χ0n) is 16.0. The number of nitrogens with one attached hydrogen (secondary N) is 1. The maximum atomic E-state index is 12.7. The Morgan fingerprint density at radius 3 is 2.54 bits per heavy atom. The van der Waals surface area contributed by atoms with Crippen LogP contribution in [0.25, 0.3) is 0 Å². The summed E-state index contributed by atoms with van der Waals surface area (Å²) in [5.74, 6) is 0.542. The van der Waals surface area contributed by atoms with Gasteiger partial charge in [-0.3, -0.25) is 4.79 Å². The van der Waals surface area contributed by atoms with Gasteiger partial charge in [-0.15, -0.1) is 0 Å². The monoisotopic (exact) mass is 353 g/mol. The Labute approximate surface area is 155 Å². The van der Waals surface area contributed by atoms with E-state index in [4.69, 9.17) is 0 Å². The number of benzene rings is 1. The third-order valence-electron chi connectivity index (χ3n) is 4.95. The van der Waals surface area contributed by atoms with Crippen molar-refractivity contribution in [2.45, 2.75) is 27.7 Å². The zero-order valence-corrected chi connectivity index (χ0v) is 16.0. The summed E-state index contributed by atoms with van der Waals surface area (Å²) in [4.78, 5) is 26.3. The Morgan fingerprint density at radius 1 is 1.15 bits per heavy atom. The summed E-state index contributed by atoms with van der Waals surface area (Å²) in [6.45, 7) is 13.0. The number of aryl methyl sites for hydroxylation is 3. The van der Waals surface area contributed by atoms with Gasteiger partial charge in [0.15, 0.2) is 0 Å². The molecular weight excluding hydrogens is 326 g/mol. The van der Waals surface area contributed by atoms with Crippen molar-refractivity contribution >= 4 is 17.5 Å². The fourth-order valence-corrected chi connectivity index (χ4v) is 3.15. The van der Waals surface area contributed by atoms with Gasteiger partial charge in [-0.05, 0) is 44.5 Å². The van der Waals surface area contributed by atoms with E-state index in [1.807, 2.05) is 39.0 Å². The minimum atomic E-state index is -0.168. The first-order valence-electron chi connectivity index (χ1n) is 9.17. The zero-order chi connectivity index (χ0) is 18.7. The summed E-state index contributed by atoms with van der Waals surface area (Å²) in [5, 5.41) is 2.98. The van der Waals surface area contributed by atoms with Crippen molar-refractivity contribution in [3.63, 3.8) is 0 Å². The van der Waals surface area contributed by atoms with Crippen LogP contribution < -0.4 is 10.2 Å². The number of aromatic nitrogens is 2. The maximum absolute atomic E-state index is 12.7. The molecule has 0 bridgehead atoms. The SMILES string of the molecule is CCN1CCN(c2ncc(C(=O)Nc3cc(C)ccc3C)c(C)n2)CC1. The molecule has 1 aliphatic heterocycles. The summed E-state index contributed by atoms with van der Waals surface area (Å²) in [6, 6.07) is 6.02. The molecule has 1 aromatic heterocycles. The number of piperazine rings is 1. The fourth-order valence-electron chi connectivity index (χ4n) is 3.15. The highest BCUT2D eigenvalue weighted by Crippen LogP contribution is 2.19. The van der Waals surface area contributed by atoms with Gasteiger partial charge in [0.2, 0.25) is 5.95 Å². The molecule has 1 saturated heterocycles. The second kappa shape index (κ2) is 7.83. The predicted molar refractivity (Wildman–Crippen MR) is 105 cm³/mol. The molecule has 1 aliphatic rings. The van der Waals surface area contributed by atoms with Crippen molar-refractivity contribution < 1.29 is 4.79 Å². The van der Waals surface area contributed by atoms with Crippen LogP contribution in [0.5, 0.6) is 0 Å². The lowest BCUT2D eigenvalue weighted by Crippen LogP contribution is -2.46. The van der Waals surface area contributed by atoms with Crippen LogP contribution in [0.4, 0.5) is 11.6 Å². The highest BCUT2D eigenvalue weighted by Gasteiger charge is 2.20. The van der Waals surface area contributed by atoms with E-state index in [0.717, 1.165) is 49.5 Å². The molecule has 0 radical (unpaired) electrons. The third kappa shape index (κ3) is 4.02. The lowest BCUT2D eigenvalue weighted by atomic mass is 10.1. The van der Waals surface area contributed by atoms with Gasteiger partial charge >= 0.3 is 0 Å². The Hall–Kier alpha value is -2.47. The number of likely N-dealkylation sites (N-methyl/N-ethyl adjacent to an activating group) is 1. The van der Waals surface area contributed by atoms with Crippen molar-refractivity contribution in [2.24, 2.45) is 0 Å². The second-order valence-electron chi connectivity index (χ2n) is 6.86. The molecule has 138 valence electrons. The van der Waals surface area contributed by atoms with Crippen molar-refractivity contribution in [2.75, 3.05) is 42.9 Å². The van der Waals surface area contributed by atoms with Crippen LogP contribution in [0.15, 0.2) is 24.4 Å². The molecule has 2 aromatic rings. The van der Waals surface area contributed by atoms with Gasteiger partial charge in [-0.2, -0.15) is 0 Å². The van der Waals surface area contributed by atoms with Gasteiger partial charge in [-0.25, -0.2) is 9.97 Å². The van der Waals surface area contributed by atoms with Gasteiger partial charge in [0, 0.05) is 38.1 Å². The summed E-state index contributed by atoms with van der Waals surface area (Å²) < 4.78 is 0. The molecule has 0 spiro atoms. The van der Waals surface area contributed by atoms with Gasteiger partial charge in [0.25, 0.3) is 5.91 Å². The molecule has 3 rings (SSSR count). The maximum Gasteiger partial charge on any atom is 0.259 e. The van der Waals surface area contributed by atoms with Crippen molar-refractivity contribution in [1.29, 1.82) is 0 Å². The van der Waals surface area contributed by atoms with Gasteiger partial charge < -0.3 is 15.1 Å².